The minimum atomic E-state index is -0.375. The van der Waals surface area contributed by atoms with Crippen molar-refractivity contribution in [2.24, 2.45) is 0 Å². The topological polar surface area (TPSA) is 71.2 Å². The number of aliphatic hydroxyl groups is 2. The van der Waals surface area contributed by atoms with Crippen molar-refractivity contribution in [3.05, 3.63) is 90.9 Å². The fourth-order valence-corrected chi connectivity index (χ4v) is 4.32. The molecule has 0 aliphatic heterocycles. The fourth-order valence-electron chi connectivity index (χ4n) is 4.32. The molecule has 5 aromatic rings. The zero-order valence-electron chi connectivity index (χ0n) is 21.9. The van der Waals surface area contributed by atoms with Gasteiger partial charge in [-0.3, -0.25) is 4.98 Å². The minimum Gasteiger partial charge on any atom is -0.393 e. The molecule has 0 fully saturated rings. The minimum absolute atomic E-state index is 0. The van der Waals surface area contributed by atoms with Gasteiger partial charge in [0.15, 0.2) is 0 Å². The molecule has 5 nitrogen and oxygen atoms in total. The van der Waals surface area contributed by atoms with Gasteiger partial charge in [0.2, 0.25) is 0 Å². The molecule has 195 valence electrons. The summed E-state index contributed by atoms with van der Waals surface area (Å²) in [4.78, 5) is 8.99. The first-order valence-electron chi connectivity index (χ1n) is 12.3. The van der Waals surface area contributed by atoms with Crippen LogP contribution in [0, 0.1) is 6.07 Å². The van der Waals surface area contributed by atoms with E-state index < -0.39 is 0 Å². The maximum atomic E-state index is 8.56. The molecule has 6 heteroatoms. The normalized spacial score (nSPS) is 12.9. The van der Waals surface area contributed by atoms with Gasteiger partial charge in [0.25, 0.3) is 0 Å². The van der Waals surface area contributed by atoms with Gasteiger partial charge in [-0.15, -0.1) is 23.8 Å². The Morgan fingerprint density at radius 3 is 2.11 bits per heavy atom. The molecule has 2 N–H and O–H groups in total. The number of hydrogen-bond acceptors (Lipinski definition) is 4. The zero-order valence-corrected chi connectivity index (χ0v) is 24.3. The van der Waals surface area contributed by atoms with Gasteiger partial charge in [0.1, 0.15) is 6.33 Å². The third-order valence-electron chi connectivity index (χ3n) is 6.01. The third kappa shape index (κ3) is 6.71. The summed E-state index contributed by atoms with van der Waals surface area (Å²) in [6.07, 6.45) is 1.38. The number of rotatable bonds is 4. The molecule has 0 saturated heterocycles. The Labute approximate surface area is 232 Å². The molecule has 2 aromatic heterocycles. The number of para-hydroxylation sites is 2. The van der Waals surface area contributed by atoms with Crippen LogP contribution in [0.15, 0.2) is 79.1 Å². The van der Waals surface area contributed by atoms with Crippen molar-refractivity contribution in [2.75, 3.05) is 0 Å². The molecule has 0 spiro atoms. The van der Waals surface area contributed by atoms with Crippen molar-refractivity contribution in [1.82, 2.24) is 14.5 Å². The summed E-state index contributed by atoms with van der Waals surface area (Å²) in [6.45, 7) is 9.82. The monoisotopic (exact) mass is 673 g/mol. The number of hydrogen-bond donors (Lipinski definition) is 2. The van der Waals surface area contributed by atoms with Crippen molar-refractivity contribution < 1.29 is 30.3 Å². The van der Waals surface area contributed by atoms with Crippen molar-refractivity contribution in [2.45, 2.75) is 58.7 Å². The summed E-state index contributed by atoms with van der Waals surface area (Å²) in [5.41, 5.74) is 6.39. The van der Waals surface area contributed by atoms with E-state index in [0.29, 0.717) is 6.42 Å². The fraction of sp³-hybridized carbons (Fsp3) is 0.290. The summed E-state index contributed by atoms with van der Waals surface area (Å²) in [7, 11) is 0. The summed E-state index contributed by atoms with van der Waals surface area (Å²) < 4.78 is 2.30. The van der Waals surface area contributed by atoms with Gasteiger partial charge in [-0.25, -0.2) is 4.98 Å². The average molecular weight is 673 g/mol. The number of nitrogens with zero attached hydrogens (tertiary/aromatic N) is 3. The molecular weight excluding hydrogens is 639 g/mol. The van der Waals surface area contributed by atoms with E-state index in [1.807, 2.05) is 6.07 Å². The Balaban J connectivity index is 0.000000422. The van der Waals surface area contributed by atoms with Crippen LogP contribution in [0.5, 0.6) is 0 Å². The van der Waals surface area contributed by atoms with Gasteiger partial charge in [-0.2, -0.15) is 0 Å². The number of benzene rings is 3. The molecule has 0 aliphatic carbocycles. The van der Waals surface area contributed by atoms with Crippen molar-refractivity contribution >= 4 is 21.8 Å². The maximum Gasteiger partial charge on any atom is 0.105 e. The first-order valence-corrected chi connectivity index (χ1v) is 12.3. The Hall–Kier alpha value is -2.89. The van der Waals surface area contributed by atoms with Gasteiger partial charge in [-0.05, 0) is 55.1 Å². The first kappa shape index (κ1) is 28.7. The van der Waals surface area contributed by atoms with Crippen LogP contribution < -0.4 is 0 Å². The second kappa shape index (κ2) is 12.1. The predicted octanol–water partition coefficient (Wildman–Crippen LogP) is 6.47. The van der Waals surface area contributed by atoms with E-state index in [2.05, 4.69) is 108 Å². The molecule has 0 aliphatic rings. The van der Waals surface area contributed by atoms with Gasteiger partial charge in [0, 0.05) is 42.4 Å². The van der Waals surface area contributed by atoms with Crippen LogP contribution in [0.3, 0.4) is 0 Å². The molecule has 1 radical (unpaired) electrons. The van der Waals surface area contributed by atoms with Crippen molar-refractivity contribution in [3.63, 3.8) is 0 Å². The standard InChI is InChI=1S/C26H22N3.C5H12O2.Ir/c1-26(2,3)25-16-22(27-17-28-25)18-13-14-24-21(15-18)20-11-7-8-12-23(20)29(24)19-9-5-4-6-10-19;1-4(6)3-5(2)7;/h4-12,14-17H,1-3H3;4-7H,3H2,1-2H3;/q-1;;. The van der Waals surface area contributed by atoms with Crippen LogP contribution in [0.25, 0.3) is 38.8 Å². The molecule has 2 unspecified atom stereocenters. The molecular formula is C31H34IrN3O2-. The summed E-state index contributed by atoms with van der Waals surface area (Å²) in [6, 6.07) is 28.8. The van der Waals surface area contributed by atoms with E-state index in [1.165, 1.54) is 16.3 Å². The van der Waals surface area contributed by atoms with E-state index in [9.17, 15) is 0 Å². The van der Waals surface area contributed by atoms with Crippen LogP contribution in [0.2, 0.25) is 0 Å². The van der Waals surface area contributed by atoms with Gasteiger partial charge >= 0.3 is 0 Å². The molecule has 0 bridgehead atoms. The third-order valence-corrected chi connectivity index (χ3v) is 6.01. The average Bonchev–Trinajstić information content (AvgIpc) is 3.17. The van der Waals surface area contributed by atoms with Crippen molar-refractivity contribution in [3.8, 4) is 16.9 Å². The largest absolute Gasteiger partial charge is 0.393 e. The summed E-state index contributed by atoms with van der Waals surface area (Å²) in [5, 5.41) is 19.6. The van der Waals surface area contributed by atoms with E-state index in [0.717, 1.165) is 28.2 Å². The van der Waals surface area contributed by atoms with Crippen LogP contribution in [0.1, 0.15) is 46.7 Å². The Kier molecular flexibility index (Phi) is 9.38. The van der Waals surface area contributed by atoms with Gasteiger partial charge in [0.05, 0.1) is 12.2 Å². The van der Waals surface area contributed by atoms with E-state index in [4.69, 9.17) is 10.2 Å². The number of aromatic nitrogens is 3. The van der Waals surface area contributed by atoms with Crippen LogP contribution >= 0.6 is 0 Å². The van der Waals surface area contributed by atoms with E-state index in [-0.39, 0.29) is 37.7 Å². The Morgan fingerprint density at radius 1 is 0.838 bits per heavy atom. The molecule has 3 aromatic carbocycles. The summed E-state index contributed by atoms with van der Waals surface area (Å²) in [5.74, 6) is 0. The number of fused-ring (bicyclic) bond motifs is 3. The second-order valence-corrected chi connectivity index (χ2v) is 10.3. The van der Waals surface area contributed by atoms with E-state index in [1.54, 1.807) is 20.2 Å². The Bertz CT molecular complexity index is 1450. The molecule has 5 rings (SSSR count). The van der Waals surface area contributed by atoms with Crippen LogP contribution in [0.4, 0.5) is 0 Å². The second-order valence-electron chi connectivity index (χ2n) is 10.3. The first-order chi connectivity index (χ1) is 17.1. The maximum absolute atomic E-state index is 8.56. The smallest absolute Gasteiger partial charge is 0.105 e. The van der Waals surface area contributed by atoms with Crippen LogP contribution in [-0.2, 0) is 25.5 Å². The molecule has 2 atom stereocenters. The quantitative estimate of drug-likeness (QED) is 0.215. The summed E-state index contributed by atoms with van der Waals surface area (Å²) >= 11 is 0. The number of aliphatic hydroxyl groups excluding tert-OH is 2. The van der Waals surface area contributed by atoms with Crippen LogP contribution in [-0.4, -0.2) is 37.0 Å². The predicted molar refractivity (Wildman–Crippen MR) is 147 cm³/mol. The van der Waals surface area contributed by atoms with Gasteiger partial charge < -0.3 is 14.8 Å². The molecule has 37 heavy (non-hydrogen) atoms. The molecule has 0 saturated carbocycles. The van der Waals surface area contributed by atoms with Gasteiger partial charge in [-0.1, -0.05) is 68.6 Å². The Morgan fingerprint density at radius 2 is 1.49 bits per heavy atom. The SMILES string of the molecule is CC(C)(C)c1cc(-c2[c-]cc3c(c2)c2ccccc2n3-c2ccccc2)ncn1.CC(O)CC(C)O.[Ir]. The zero-order chi connectivity index (χ0) is 25.9. The van der Waals surface area contributed by atoms with Crippen molar-refractivity contribution in [1.29, 1.82) is 0 Å². The molecule has 2 heterocycles. The molecule has 0 amide bonds. The van der Waals surface area contributed by atoms with E-state index >= 15 is 0 Å².